The first-order valence-corrected chi connectivity index (χ1v) is 7.47. The van der Waals surface area contributed by atoms with E-state index in [1.165, 1.54) is 0 Å². The average molecular weight is 294 g/mol. The summed E-state index contributed by atoms with van der Waals surface area (Å²) >= 11 is 0. The Labute approximate surface area is 124 Å². The maximum atomic E-state index is 11.9. The van der Waals surface area contributed by atoms with E-state index in [1.54, 1.807) is 0 Å². The number of morpholine rings is 1. The van der Waals surface area contributed by atoms with Gasteiger partial charge in [0, 0.05) is 19.5 Å². The molecule has 0 bridgehead atoms. The summed E-state index contributed by atoms with van der Waals surface area (Å²) in [4.78, 5) is 18.4. The minimum atomic E-state index is -0.120. The van der Waals surface area contributed by atoms with Crippen molar-refractivity contribution < 1.29 is 14.3 Å². The SMILES string of the molecule is Cc1nc(C)n(C[C@@H]2CN([C@@H]3C[C@@H](C)OC3=O)CCO2)n1. The van der Waals surface area contributed by atoms with Crippen molar-refractivity contribution in [3.63, 3.8) is 0 Å². The Morgan fingerprint density at radius 2 is 2.19 bits per heavy atom. The second kappa shape index (κ2) is 5.73. The molecule has 1 aromatic rings. The second-order valence-corrected chi connectivity index (χ2v) is 5.88. The largest absolute Gasteiger partial charge is 0.461 e. The molecule has 7 heteroatoms. The quantitative estimate of drug-likeness (QED) is 0.747. The Morgan fingerprint density at radius 1 is 1.38 bits per heavy atom. The van der Waals surface area contributed by atoms with E-state index in [2.05, 4.69) is 15.0 Å². The topological polar surface area (TPSA) is 69.5 Å². The van der Waals surface area contributed by atoms with Crippen molar-refractivity contribution >= 4 is 5.97 Å². The Balaban J connectivity index is 1.63. The van der Waals surface area contributed by atoms with Gasteiger partial charge in [0.2, 0.25) is 0 Å². The molecule has 3 rings (SSSR count). The first-order valence-electron chi connectivity index (χ1n) is 7.47. The van der Waals surface area contributed by atoms with Crippen molar-refractivity contribution in [1.29, 1.82) is 0 Å². The molecule has 0 aliphatic carbocycles. The highest BCUT2D eigenvalue weighted by Gasteiger charge is 2.38. The number of rotatable bonds is 3. The molecule has 0 aromatic carbocycles. The number of esters is 1. The second-order valence-electron chi connectivity index (χ2n) is 5.88. The van der Waals surface area contributed by atoms with Crippen molar-refractivity contribution in [3.05, 3.63) is 11.6 Å². The summed E-state index contributed by atoms with van der Waals surface area (Å²) in [6, 6.07) is -0.120. The molecule has 21 heavy (non-hydrogen) atoms. The van der Waals surface area contributed by atoms with E-state index in [-0.39, 0.29) is 24.2 Å². The molecular weight excluding hydrogens is 272 g/mol. The number of aryl methyl sites for hydroxylation is 2. The fourth-order valence-corrected chi connectivity index (χ4v) is 3.10. The van der Waals surface area contributed by atoms with Crippen LogP contribution in [-0.2, 0) is 20.8 Å². The lowest BCUT2D eigenvalue weighted by molar-refractivity contribution is -0.147. The van der Waals surface area contributed by atoms with Gasteiger partial charge < -0.3 is 9.47 Å². The molecule has 0 saturated carbocycles. The molecule has 0 amide bonds. The van der Waals surface area contributed by atoms with E-state index in [0.717, 1.165) is 31.2 Å². The minimum absolute atomic E-state index is 0.0176. The molecule has 3 heterocycles. The lowest BCUT2D eigenvalue weighted by atomic mass is 10.1. The van der Waals surface area contributed by atoms with Crippen molar-refractivity contribution in [2.45, 2.75) is 52.0 Å². The minimum Gasteiger partial charge on any atom is -0.461 e. The van der Waals surface area contributed by atoms with Crippen LogP contribution in [0.4, 0.5) is 0 Å². The van der Waals surface area contributed by atoms with Gasteiger partial charge in [-0.3, -0.25) is 9.69 Å². The number of cyclic esters (lactones) is 1. The Hall–Kier alpha value is -1.47. The van der Waals surface area contributed by atoms with E-state index in [0.29, 0.717) is 13.2 Å². The van der Waals surface area contributed by atoms with Crippen LogP contribution in [0.5, 0.6) is 0 Å². The average Bonchev–Trinajstić information content (AvgIpc) is 2.92. The zero-order chi connectivity index (χ0) is 15.0. The first-order chi connectivity index (χ1) is 10.0. The summed E-state index contributed by atoms with van der Waals surface area (Å²) in [7, 11) is 0. The van der Waals surface area contributed by atoms with Gasteiger partial charge in [0.25, 0.3) is 0 Å². The highest BCUT2D eigenvalue weighted by Crippen LogP contribution is 2.22. The maximum Gasteiger partial charge on any atom is 0.323 e. The third kappa shape index (κ3) is 3.08. The van der Waals surface area contributed by atoms with Gasteiger partial charge in [-0.2, -0.15) is 5.10 Å². The summed E-state index contributed by atoms with van der Waals surface area (Å²) in [6.45, 7) is 8.57. The van der Waals surface area contributed by atoms with Crippen molar-refractivity contribution in [1.82, 2.24) is 19.7 Å². The van der Waals surface area contributed by atoms with E-state index < -0.39 is 0 Å². The fraction of sp³-hybridized carbons (Fsp3) is 0.786. The predicted octanol–water partition coefficient (Wildman–Crippen LogP) is 0.300. The van der Waals surface area contributed by atoms with Gasteiger partial charge in [0.15, 0.2) is 0 Å². The number of ether oxygens (including phenoxy) is 2. The van der Waals surface area contributed by atoms with Gasteiger partial charge in [0.05, 0.1) is 19.3 Å². The molecule has 2 saturated heterocycles. The molecule has 3 atom stereocenters. The summed E-state index contributed by atoms with van der Waals surface area (Å²) < 4.78 is 12.9. The van der Waals surface area contributed by atoms with Gasteiger partial charge in [-0.05, 0) is 20.8 Å². The zero-order valence-electron chi connectivity index (χ0n) is 12.8. The number of carbonyl (C=O) groups excluding carboxylic acids is 1. The van der Waals surface area contributed by atoms with Gasteiger partial charge >= 0.3 is 5.97 Å². The molecule has 0 N–H and O–H groups in total. The van der Waals surface area contributed by atoms with Crippen LogP contribution in [-0.4, -0.2) is 63.6 Å². The first kappa shape index (κ1) is 14.5. The molecule has 2 aliphatic rings. The van der Waals surface area contributed by atoms with Crippen LogP contribution >= 0.6 is 0 Å². The van der Waals surface area contributed by atoms with Gasteiger partial charge in [0.1, 0.15) is 23.8 Å². The fourth-order valence-electron chi connectivity index (χ4n) is 3.10. The lowest BCUT2D eigenvalue weighted by Gasteiger charge is -2.35. The van der Waals surface area contributed by atoms with Crippen LogP contribution < -0.4 is 0 Å². The van der Waals surface area contributed by atoms with Crippen LogP contribution in [0, 0.1) is 13.8 Å². The van der Waals surface area contributed by atoms with E-state index in [1.807, 2.05) is 25.5 Å². The van der Waals surface area contributed by atoms with Gasteiger partial charge in [-0.1, -0.05) is 0 Å². The third-order valence-corrected chi connectivity index (χ3v) is 4.09. The summed E-state index contributed by atoms with van der Waals surface area (Å²) in [5, 5.41) is 4.37. The van der Waals surface area contributed by atoms with Crippen LogP contribution in [0.25, 0.3) is 0 Å². The molecule has 2 fully saturated rings. The Bertz CT molecular complexity index is 530. The van der Waals surface area contributed by atoms with Crippen LogP contribution in [0.15, 0.2) is 0 Å². The monoisotopic (exact) mass is 294 g/mol. The van der Waals surface area contributed by atoms with Gasteiger partial charge in [-0.15, -0.1) is 0 Å². The van der Waals surface area contributed by atoms with E-state index in [9.17, 15) is 4.79 Å². The highest BCUT2D eigenvalue weighted by molar-refractivity contribution is 5.78. The predicted molar refractivity (Wildman–Crippen MR) is 74.8 cm³/mol. The van der Waals surface area contributed by atoms with Gasteiger partial charge in [-0.25, -0.2) is 9.67 Å². The number of carbonyl (C=O) groups is 1. The summed E-state index contributed by atoms with van der Waals surface area (Å²) in [5.41, 5.74) is 0. The Kier molecular flexibility index (Phi) is 3.95. The normalized spacial score (nSPS) is 30.6. The van der Waals surface area contributed by atoms with E-state index in [4.69, 9.17) is 9.47 Å². The molecule has 2 aliphatic heterocycles. The van der Waals surface area contributed by atoms with Crippen molar-refractivity contribution in [3.8, 4) is 0 Å². The lowest BCUT2D eigenvalue weighted by Crippen LogP contribution is -2.50. The number of hydrogen-bond acceptors (Lipinski definition) is 6. The highest BCUT2D eigenvalue weighted by atomic mass is 16.6. The van der Waals surface area contributed by atoms with Crippen LogP contribution in [0.1, 0.15) is 25.0 Å². The molecule has 116 valence electrons. The standard InChI is InChI=1S/C14H22N4O3/c1-9-6-13(14(19)21-9)17-4-5-20-12(7-17)8-18-11(3)15-10(2)16-18/h9,12-13H,4-8H2,1-3H3/t9-,12+,13-/m1/s1. The smallest absolute Gasteiger partial charge is 0.323 e. The molecule has 0 unspecified atom stereocenters. The molecule has 0 radical (unpaired) electrons. The zero-order valence-corrected chi connectivity index (χ0v) is 12.8. The molecule has 0 spiro atoms. The Morgan fingerprint density at radius 3 is 2.81 bits per heavy atom. The third-order valence-electron chi connectivity index (χ3n) is 4.09. The van der Waals surface area contributed by atoms with Crippen molar-refractivity contribution in [2.75, 3.05) is 19.7 Å². The summed E-state index contributed by atoms with van der Waals surface area (Å²) in [5.74, 6) is 1.56. The molecule has 1 aromatic heterocycles. The molecular formula is C14H22N4O3. The van der Waals surface area contributed by atoms with Crippen LogP contribution in [0.3, 0.4) is 0 Å². The van der Waals surface area contributed by atoms with Crippen LogP contribution in [0.2, 0.25) is 0 Å². The number of aromatic nitrogens is 3. The van der Waals surface area contributed by atoms with Crippen molar-refractivity contribution in [2.24, 2.45) is 0 Å². The van der Waals surface area contributed by atoms with E-state index >= 15 is 0 Å². The molecule has 7 nitrogen and oxygen atoms in total. The maximum absolute atomic E-state index is 11.9. The number of nitrogens with zero attached hydrogens (tertiary/aromatic N) is 4. The summed E-state index contributed by atoms with van der Waals surface area (Å²) in [6.07, 6.45) is 0.818. The number of hydrogen-bond donors (Lipinski definition) is 0.